The van der Waals surface area contributed by atoms with Gasteiger partial charge in [-0.2, -0.15) is 0 Å². The Hall–Kier alpha value is -3.12. The third kappa shape index (κ3) is 4.89. The molecule has 1 aromatic heterocycles. The second-order valence-electron chi connectivity index (χ2n) is 7.55. The molecule has 1 fully saturated rings. The lowest BCUT2D eigenvalue weighted by Gasteiger charge is -2.10. The topological polar surface area (TPSA) is 73.6 Å². The van der Waals surface area contributed by atoms with Crippen LogP contribution in [0.15, 0.2) is 52.9 Å². The highest BCUT2D eigenvalue weighted by Gasteiger charge is 2.17. The van der Waals surface area contributed by atoms with Gasteiger partial charge < -0.3 is 19.2 Å². The smallest absolute Gasteiger partial charge is 0.251 e. The van der Waals surface area contributed by atoms with Crippen LogP contribution in [0, 0.1) is 13.8 Å². The highest BCUT2D eigenvalue weighted by molar-refractivity contribution is 5.94. The van der Waals surface area contributed by atoms with Gasteiger partial charge in [0.1, 0.15) is 23.8 Å². The Bertz CT molecular complexity index is 987. The molecule has 2 aromatic carbocycles. The first-order valence-corrected chi connectivity index (χ1v) is 10.2. The van der Waals surface area contributed by atoms with Crippen LogP contribution in [0.25, 0.3) is 11.5 Å². The molecule has 0 bridgehead atoms. The number of benzene rings is 2. The Labute approximate surface area is 176 Å². The molecule has 0 aliphatic carbocycles. The van der Waals surface area contributed by atoms with Gasteiger partial charge in [0.05, 0.1) is 6.10 Å². The molecule has 156 valence electrons. The monoisotopic (exact) mass is 406 g/mol. The Morgan fingerprint density at radius 2 is 1.90 bits per heavy atom. The molecule has 6 heteroatoms. The van der Waals surface area contributed by atoms with Crippen LogP contribution in [0.1, 0.15) is 40.2 Å². The maximum Gasteiger partial charge on any atom is 0.251 e. The molecule has 1 aliphatic rings. The number of rotatable bonds is 7. The lowest BCUT2D eigenvalue weighted by molar-refractivity contribution is 0.0858. The predicted molar refractivity (Wildman–Crippen MR) is 113 cm³/mol. The van der Waals surface area contributed by atoms with Gasteiger partial charge in [-0.1, -0.05) is 17.7 Å². The van der Waals surface area contributed by atoms with Gasteiger partial charge >= 0.3 is 0 Å². The predicted octanol–water partition coefficient (Wildman–Crippen LogP) is 4.45. The number of hydrogen-bond donors (Lipinski definition) is 1. The van der Waals surface area contributed by atoms with Gasteiger partial charge in [0.15, 0.2) is 0 Å². The number of carbonyl (C=O) groups excluding carboxylic acids is 1. The van der Waals surface area contributed by atoms with Crippen molar-refractivity contribution in [3.05, 3.63) is 71.1 Å². The van der Waals surface area contributed by atoms with E-state index in [4.69, 9.17) is 13.9 Å². The van der Waals surface area contributed by atoms with E-state index in [1.54, 1.807) is 12.1 Å². The maximum absolute atomic E-state index is 12.3. The van der Waals surface area contributed by atoms with Crippen LogP contribution in [-0.2, 0) is 11.3 Å². The van der Waals surface area contributed by atoms with Crippen LogP contribution < -0.4 is 10.1 Å². The fourth-order valence-corrected chi connectivity index (χ4v) is 3.35. The number of hydrogen-bond acceptors (Lipinski definition) is 5. The molecule has 0 spiro atoms. The molecule has 1 atom stereocenters. The number of aryl methyl sites for hydroxylation is 2. The summed E-state index contributed by atoms with van der Waals surface area (Å²) in [5.74, 6) is 1.92. The Kier molecular flexibility index (Phi) is 6.14. The largest absolute Gasteiger partial charge is 0.487 e. The fraction of sp³-hybridized carbons (Fsp3) is 0.333. The molecular weight excluding hydrogens is 380 g/mol. The Morgan fingerprint density at radius 1 is 1.13 bits per heavy atom. The zero-order valence-electron chi connectivity index (χ0n) is 17.3. The van der Waals surface area contributed by atoms with Gasteiger partial charge in [-0.3, -0.25) is 4.79 Å². The van der Waals surface area contributed by atoms with E-state index in [0.717, 1.165) is 42.2 Å². The van der Waals surface area contributed by atoms with Crippen molar-refractivity contribution < 1.29 is 18.7 Å². The molecule has 1 N–H and O–H groups in total. The zero-order valence-corrected chi connectivity index (χ0v) is 17.3. The molecule has 1 saturated heterocycles. The van der Waals surface area contributed by atoms with Crippen molar-refractivity contribution in [3.8, 4) is 17.2 Å². The third-order valence-electron chi connectivity index (χ3n) is 5.20. The summed E-state index contributed by atoms with van der Waals surface area (Å²) >= 11 is 0. The standard InChI is InChI=1S/C24H26N2O4/c1-16-5-11-20(12-6-16)29-15-22-17(2)30-24(26-22)19-9-7-18(8-10-19)23(27)25-14-21-4-3-13-28-21/h5-12,21H,3-4,13-15H2,1-2H3,(H,25,27)/t21-/m1/s1. The zero-order chi connectivity index (χ0) is 20.9. The van der Waals surface area contributed by atoms with Crippen molar-refractivity contribution in [2.45, 2.75) is 39.4 Å². The second-order valence-corrected chi connectivity index (χ2v) is 7.55. The van der Waals surface area contributed by atoms with Gasteiger partial charge in [0.2, 0.25) is 5.89 Å². The first-order valence-electron chi connectivity index (χ1n) is 10.2. The summed E-state index contributed by atoms with van der Waals surface area (Å²) in [5, 5.41) is 2.93. The van der Waals surface area contributed by atoms with Gasteiger partial charge in [-0.25, -0.2) is 4.98 Å². The normalized spacial score (nSPS) is 15.9. The van der Waals surface area contributed by atoms with Gasteiger partial charge in [0.25, 0.3) is 5.91 Å². The van der Waals surface area contributed by atoms with Crippen LogP contribution in [0.3, 0.4) is 0 Å². The second kappa shape index (κ2) is 9.13. The van der Waals surface area contributed by atoms with Crippen molar-refractivity contribution in [1.29, 1.82) is 0 Å². The van der Waals surface area contributed by atoms with Crippen LogP contribution in [-0.4, -0.2) is 30.1 Å². The van der Waals surface area contributed by atoms with Crippen molar-refractivity contribution in [3.63, 3.8) is 0 Å². The molecule has 0 unspecified atom stereocenters. The molecule has 1 aliphatic heterocycles. The molecular formula is C24H26N2O4. The molecule has 0 saturated carbocycles. The van der Waals surface area contributed by atoms with E-state index < -0.39 is 0 Å². The minimum Gasteiger partial charge on any atom is -0.487 e. The summed E-state index contributed by atoms with van der Waals surface area (Å²) in [7, 11) is 0. The highest BCUT2D eigenvalue weighted by Crippen LogP contribution is 2.23. The first kappa shape index (κ1) is 20.2. The van der Waals surface area contributed by atoms with Crippen LogP contribution in [0.5, 0.6) is 5.75 Å². The summed E-state index contributed by atoms with van der Waals surface area (Å²) in [4.78, 5) is 16.9. The number of nitrogens with zero attached hydrogens (tertiary/aromatic N) is 1. The number of carbonyl (C=O) groups is 1. The number of nitrogens with one attached hydrogen (secondary N) is 1. The fourth-order valence-electron chi connectivity index (χ4n) is 3.35. The van der Waals surface area contributed by atoms with Gasteiger partial charge in [-0.05, 0) is 63.1 Å². The number of ether oxygens (including phenoxy) is 2. The summed E-state index contributed by atoms with van der Waals surface area (Å²) in [5.41, 5.74) is 3.36. The van der Waals surface area contributed by atoms with Crippen LogP contribution in [0.4, 0.5) is 0 Å². The van der Waals surface area contributed by atoms with E-state index in [1.807, 2.05) is 50.2 Å². The summed E-state index contributed by atoms with van der Waals surface area (Å²) in [6.45, 7) is 5.57. The van der Waals surface area contributed by atoms with E-state index in [2.05, 4.69) is 10.3 Å². The molecule has 30 heavy (non-hydrogen) atoms. The minimum atomic E-state index is -0.104. The SMILES string of the molecule is Cc1ccc(OCc2nc(-c3ccc(C(=O)NC[C@H]4CCCO4)cc3)oc2C)cc1. The van der Waals surface area contributed by atoms with E-state index in [9.17, 15) is 4.79 Å². The summed E-state index contributed by atoms with van der Waals surface area (Å²) < 4.78 is 17.2. The average molecular weight is 406 g/mol. The molecule has 6 nitrogen and oxygen atoms in total. The quantitative estimate of drug-likeness (QED) is 0.628. The van der Waals surface area contributed by atoms with E-state index in [1.165, 1.54) is 5.56 Å². The van der Waals surface area contributed by atoms with Crippen molar-refractivity contribution in [1.82, 2.24) is 10.3 Å². The highest BCUT2D eigenvalue weighted by atomic mass is 16.5. The Morgan fingerprint density at radius 3 is 2.60 bits per heavy atom. The number of aromatic nitrogens is 1. The van der Waals surface area contributed by atoms with Crippen molar-refractivity contribution >= 4 is 5.91 Å². The number of oxazole rings is 1. The van der Waals surface area contributed by atoms with Crippen LogP contribution in [0.2, 0.25) is 0 Å². The average Bonchev–Trinajstić information content (AvgIpc) is 3.41. The minimum absolute atomic E-state index is 0.104. The van der Waals surface area contributed by atoms with Crippen molar-refractivity contribution in [2.24, 2.45) is 0 Å². The first-order chi connectivity index (χ1) is 14.6. The molecule has 1 amide bonds. The van der Waals surface area contributed by atoms with Crippen molar-refractivity contribution in [2.75, 3.05) is 13.2 Å². The molecule has 4 rings (SSSR count). The third-order valence-corrected chi connectivity index (χ3v) is 5.20. The number of amides is 1. The lowest BCUT2D eigenvalue weighted by Crippen LogP contribution is -2.31. The lowest BCUT2D eigenvalue weighted by atomic mass is 10.1. The molecule has 0 radical (unpaired) electrons. The Balaban J connectivity index is 1.37. The molecule has 3 aromatic rings. The molecule has 2 heterocycles. The van der Waals surface area contributed by atoms with Gasteiger partial charge in [0, 0.05) is 24.3 Å². The summed E-state index contributed by atoms with van der Waals surface area (Å²) in [6.07, 6.45) is 2.19. The van der Waals surface area contributed by atoms with E-state index >= 15 is 0 Å². The van der Waals surface area contributed by atoms with Crippen LogP contribution >= 0.6 is 0 Å². The summed E-state index contributed by atoms with van der Waals surface area (Å²) in [6, 6.07) is 15.1. The maximum atomic E-state index is 12.3. The van der Waals surface area contributed by atoms with Gasteiger partial charge in [-0.15, -0.1) is 0 Å². The van der Waals surface area contributed by atoms with E-state index in [0.29, 0.717) is 24.6 Å². The van der Waals surface area contributed by atoms with E-state index in [-0.39, 0.29) is 12.0 Å².